The van der Waals surface area contributed by atoms with Crippen molar-refractivity contribution in [1.82, 2.24) is 5.32 Å². The summed E-state index contributed by atoms with van der Waals surface area (Å²) < 4.78 is 10.9. The van der Waals surface area contributed by atoms with Crippen LogP contribution in [0.4, 0.5) is 4.79 Å². The summed E-state index contributed by atoms with van der Waals surface area (Å²) >= 11 is 0. The van der Waals surface area contributed by atoms with Crippen molar-refractivity contribution < 1.29 is 14.3 Å². The van der Waals surface area contributed by atoms with E-state index in [9.17, 15) is 4.79 Å². The molecule has 0 aliphatic heterocycles. The molecule has 3 fully saturated rings. The number of nitrogens with one attached hydrogen (secondary N) is 1. The van der Waals surface area contributed by atoms with E-state index in [1.165, 1.54) is 69.8 Å². The molecular weight excluding hydrogens is 518 g/mol. The maximum absolute atomic E-state index is 12.4. The second-order valence-corrected chi connectivity index (χ2v) is 15.5. The van der Waals surface area contributed by atoms with Crippen LogP contribution in [0.15, 0.2) is 35.9 Å². The van der Waals surface area contributed by atoms with Crippen molar-refractivity contribution in [1.29, 1.82) is 0 Å². The van der Waals surface area contributed by atoms with Gasteiger partial charge in [0, 0.05) is 6.54 Å². The van der Waals surface area contributed by atoms with Crippen LogP contribution in [0.25, 0.3) is 0 Å². The maximum Gasteiger partial charge on any atom is 0.407 e. The van der Waals surface area contributed by atoms with Crippen LogP contribution in [-0.2, 0) is 11.2 Å². The molecule has 1 N–H and O–H groups in total. The van der Waals surface area contributed by atoms with Crippen LogP contribution in [0.2, 0.25) is 0 Å². The van der Waals surface area contributed by atoms with Crippen molar-refractivity contribution in [3.63, 3.8) is 0 Å². The lowest BCUT2D eigenvalue weighted by Crippen LogP contribution is -2.50. The highest BCUT2D eigenvalue weighted by Gasteiger charge is 2.59. The first-order valence-corrected chi connectivity index (χ1v) is 17.4. The Balaban J connectivity index is 1.11. The second kappa shape index (κ2) is 13.3. The zero-order chi connectivity index (χ0) is 29.9. The fourth-order valence-electron chi connectivity index (χ4n) is 10.2. The largest absolute Gasteiger partial charge is 0.497 e. The van der Waals surface area contributed by atoms with Crippen molar-refractivity contribution in [3.05, 3.63) is 41.5 Å². The second-order valence-electron chi connectivity index (χ2n) is 15.5. The van der Waals surface area contributed by atoms with Gasteiger partial charge in [-0.25, -0.2) is 4.79 Å². The summed E-state index contributed by atoms with van der Waals surface area (Å²) in [5, 5.41) is 2.95. The van der Waals surface area contributed by atoms with Crippen LogP contribution < -0.4 is 10.1 Å². The lowest BCUT2D eigenvalue weighted by molar-refractivity contribution is -0.0541. The van der Waals surface area contributed by atoms with Crippen molar-refractivity contribution in [2.24, 2.45) is 52.3 Å². The van der Waals surface area contributed by atoms with Gasteiger partial charge in [0.1, 0.15) is 5.75 Å². The van der Waals surface area contributed by atoms with E-state index in [2.05, 4.69) is 46.0 Å². The monoisotopic (exact) mass is 577 g/mol. The number of allylic oxidation sites excluding steroid dienone is 2. The highest BCUT2D eigenvalue weighted by atomic mass is 16.5. The Morgan fingerprint density at radius 1 is 1.00 bits per heavy atom. The third-order valence-corrected chi connectivity index (χ3v) is 12.7. The van der Waals surface area contributed by atoms with E-state index in [1.807, 2.05) is 24.3 Å². The molecule has 8 atom stereocenters. The number of fused-ring (bicyclic) bond motifs is 5. The molecule has 0 spiro atoms. The molecule has 0 saturated heterocycles. The molecule has 0 radical (unpaired) electrons. The molecule has 3 unspecified atom stereocenters. The Hall–Kier alpha value is -1.97. The number of rotatable bonds is 11. The van der Waals surface area contributed by atoms with Crippen LogP contribution >= 0.6 is 0 Å². The first-order valence-electron chi connectivity index (χ1n) is 17.4. The van der Waals surface area contributed by atoms with Crippen LogP contribution in [0, 0.1) is 52.3 Å². The summed E-state index contributed by atoms with van der Waals surface area (Å²) in [6, 6.07) is 8.00. The van der Waals surface area contributed by atoms with Crippen molar-refractivity contribution >= 4 is 6.09 Å². The van der Waals surface area contributed by atoms with Gasteiger partial charge in [-0.15, -0.1) is 0 Å². The van der Waals surface area contributed by atoms with E-state index in [-0.39, 0.29) is 6.09 Å². The maximum atomic E-state index is 12.4. The van der Waals surface area contributed by atoms with E-state index < -0.39 is 0 Å². The van der Waals surface area contributed by atoms with Crippen molar-refractivity contribution in [2.75, 3.05) is 20.3 Å². The van der Waals surface area contributed by atoms with Gasteiger partial charge in [-0.3, -0.25) is 0 Å². The topological polar surface area (TPSA) is 47.6 Å². The average molecular weight is 578 g/mol. The van der Waals surface area contributed by atoms with Gasteiger partial charge in [-0.2, -0.15) is 0 Å². The number of ether oxygens (including phenoxy) is 2. The molecule has 4 aliphatic rings. The van der Waals surface area contributed by atoms with Crippen molar-refractivity contribution in [3.8, 4) is 5.75 Å². The normalized spacial score (nSPS) is 34.5. The van der Waals surface area contributed by atoms with E-state index in [4.69, 9.17) is 9.47 Å². The number of methoxy groups -OCH3 is 1. The van der Waals surface area contributed by atoms with E-state index in [0.717, 1.165) is 54.1 Å². The molecule has 4 aliphatic carbocycles. The van der Waals surface area contributed by atoms with E-state index in [0.29, 0.717) is 29.9 Å². The number of carbonyl (C=O) groups excluding carboxylic acids is 1. The van der Waals surface area contributed by atoms with Gasteiger partial charge in [0.05, 0.1) is 13.7 Å². The Morgan fingerprint density at radius 2 is 1.79 bits per heavy atom. The molecule has 5 rings (SSSR count). The predicted molar refractivity (Wildman–Crippen MR) is 173 cm³/mol. The van der Waals surface area contributed by atoms with Crippen LogP contribution in [0.3, 0.4) is 0 Å². The average Bonchev–Trinajstić information content (AvgIpc) is 3.33. The highest BCUT2D eigenvalue weighted by molar-refractivity contribution is 5.67. The first-order chi connectivity index (χ1) is 20.1. The third kappa shape index (κ3) is 6.58. The minimum Gasteiger partial charge on any atom is -0.497 e. The minimum atomic E-state index is -0.282. The molecule has 1 aromatic carbocycles. The molecule has 0 heterocycles. The summed E-state index contributed by atoms with van der Waals surface area (Å²) in [5.41, 5.74) is 3.76. The van der Waals surface area contributed by atoms with Gasteiger partial charge < -0.3 is 14.8 Å². The third-order valence-electron chi connectivity index (χ3n) is 12.7. The molecule has 1 amide bonds. The number of hydrogen-bond donors (Lipinski definition) is 1. The van der Waals surface area contributed by atoms with Crippen LogP contribution in [0.1, 0.15) is 111 Å². The standard InChI is InChI=1S/C38H59NO3/c1-26(2)8-7-9-27(3)33-16-17-34-32-15-12-30-24-29(18-21-37(30,4)35(32)19-22-38(33,34)5)25-42-36(40)39-23-20-28-10-13-31(41-6)14-11-28/h10-14,26-27,29,32-35H,7-9,15-25H2,1-6H3,(H,39,40)/t27-,29?,32+,33?,34?,35+,37+,38-/m1/s1. The SMILES string of the molecule is COc1ccc(CCNC(=O)OCC2CC[C@@]3(C)C(=CC[C@H]4C5CCC([C@H](C)CCCC(C)C)[C@@]5(C)CC[C@@H]43)C2)cc1. The van der Waals surface area contributed by atoms with Gasteiger partial charge in [-0.05, 0) is 128 Å². The lowest BCUT2D eigenvalue weighted by atomic mass is 9.46. The first kappa shape index (κ1) is 31.5. The fourth-order valence-corrected chi connectivity index (χ4v) is 10.2. The molecule has 234 valence electrons. The molecule has 42 heavy (non-hydrogen) atoms. The Kier molecular flexibility index (Phi) is 10.00. The van der Waals surface area contributed by atoms with Gasteiger partial charge in [-0.1, -0.05) is 77.7 Å². The molecule has 0 aromatic heterocycles. The molecule has 4 nitrogen and oxygen atoms in total. The minimum absolute atomic E-state index is 0.282. The molecular formula is C38H59NO3. The van der Waals surface area contributed by atoms with Crippen LogP contribution in [0.5, 0.6) is 5.75 Å². The van der Waals surface area contributed by atoms with E-state index >= 15 is 0 Å². The fraction of sp³-hybridized carbons (Fsp3) is 0.763. The Bertz CT molecular complexity index is 1080. The molecule has 1 aromatic rings. The van der Waals surface area contributed by atoms with Gasteiger partial charge >= 0.3 is 6.09 Å². The Morgan fingerprint density at radius 3 is 2.52 bits per heavy atom. The summed E-state index contributed by atoms with van der Waals surface area (Å²) in [6.45, 7) is 13.7. The smallest absolute Gasteiger partial charge is 0.407 e. The van der Waals surface area contributed by atoms with Gasteiger partial charge in [0.15, 0.2) is 0 Å². The lowest BCUT2D eigenvalue weighted by Gasteiger charge is -2.58. The zero-order valence-electron chi connectivity index (χ0n) is 27.6. The van der Waals surface area contributed by atoms with Gasteiger partial charge in [0.2, 0.25) is 0 Å². The summed E-state index contributed by atoms with van der Waals surface area (Å²) in [7, 11) is 1.67. The molecule has 4 heteroatoms. The quantitative estimate of drug-likeness (QED) is 0.266. The summed E-state index contributed by atoms with van der Waals surface area (Å²) in [6.07, 6.45) is 18.0. The number of hydrogen-bond acceptors (Lipinski definition) is 3. The van der Waals surface area contributed by atoms with E-state index in [1.54, 1.807) is 12.7 Å². The highest BCUT2D eigenvalue weighted by Crippen LogP contribution is 2.67. The van der Waals surface area contributed by atoms with Crippen molar-refractivity contribution in [2.45, 2.75) is 112 Å². The number of benzene rings is 1. The summed E-state index contributed by atoms with van der Waals surface area (Å²) in [4.78, 5) is 12.4. The molecule has 3 saturated carbocycles. The van der Waals surface area contributed by atoms with Crippen LogP contribution in [-0.4, -0.2) is 26.4 Å². The van der Waals surface area contributed by atoms with Gasteiger partial charge in [0.25, 0.3) is 0 Å². The number of carbonyl (C=O) groups is 1. The number of alkyl carbamates (subject to hydrolysis) is 1. The predicted octanol–water partition coefficient (Wildman–Crippen LogP) is 9.62. The molecule has 0 bridgehead atoms. The Labute approximate surface area is 256 Å². The summed E-state index contributed by atoms with van der Waals surface area (Å²) in [5.74, 6) is 6.54. The number of amides is 1. The zero-order valence-corrected chi connectivity index (χ0v) is 27.6.